The first-order chi connectivity index (χ1) is 41.7. The van der Waals surface area contributed by atoms with E-state index in [0.717, 1.165) is 17.1 Å². The van der Waals surface area contributed by atoms with Crippen molar-refractivity contribution in [2.75, 3.05) is 4.90 Å². The van der Waals surface area contributed by atoms with Gasteiger partial charge < -0.3 is 4.90 Å². The smallest absolute Gasteiger partial charge is 0.0736 e. The van der Waals surface area contributed by atoms with E-state index in [9.17, 15) is 0 Å². The van der Waals surface area contributed by atoms with Crippen molar-refractivity contribution >= 4 is 40.6 Å². The maximum absolute atomic E-state index is 2.56. The lowest BCUT2D eigenvalue weighted by Gasteiger charge is -2.40. The van der Waals surface area contributed by atoms with Crippen LogP contribution in [0.25, 0.3) is 44.5 Å². The van der Waals surface area contributed by atoms with Crippen molar-refractivity contribution in [2.45, 2.75) is 35.8 Å². The van der Waals surface area contributed by atoms with E-state index in [4.69, 9.17) is 0 Å². The Bertz CT molecular complexity index is 4730. The molecule has 84 heavy (non-hydrogen) atoms. The maximum atomic E-state index is 2.56. The van der Waals surface area contributed by atoms with Gasteiger partial charge in [0, 0.05) is 36.5 Å². The van der Waals surface area contributed by atoms with Crippen LogP contribution in [0, 0.1) is 0 Å². The molecule has 0 fully saturated rings. The van der Waals surface area contributed by atoms with E-state index in [1.54, 1.807) is 0 Å². The average Bonchev–Trinajstić information content (AvgIpc) is 1.56. The van der Waals surface area contributed by atoms with E-state index in [-0.39, 0.29) is 0 Å². The summed E-state index contributed by atoms with van der Waals surface area (Å²) < 4.78 is 0. The highest BCUT2D eigenvalue weighted by Gasteiger charge is 2.53. The molecule has 13 aromatic rings. The molecule has 2 spiro atoms. The van der Waals surface area contributed by atoms with Crippen LogP contribution in [0.2, 0.25) is 0 Å². The Labute approximate surface area is 498 Å². The van der Waals surface area contributed by atoms with Crippen LogP contribution >= 0.6 is 23.5 Å². The molecule has 0 saturated heterocycles. The molecule has 0 radical (unpaired) electrons. The van der Waals surface area contributed by atoms with Crippen LogP contribution in [0.3, 0.4) is 0 Å². The molecule has 2 aliphatic heterocycles. The van der Waals surface area contributed by atoms with Gasteiger partial charge in [0.15, 0.2) is 0 Å². The van der Waals surface area contributed by atoms with E-state index in [0.29, 0.717) is 0 Å². The largest absolute Gasteiger partial charge is 0.310 e. The lowest BCUT2D eigenvalue weighted by molar-refractivity contribution is 0.722. The summed E-state index contributed by atoms with van der Waals surface area (Å²) in [5.41, 5.74) is 27.6. The number of benzene rings is 13. The Morgan fingerprint density at radius 1 is 0.226 bits per heavy atom. The van der Waals surface area contributed by atoms with Gasteiger partial charge in [0.25, 0.3) is 0 Å². The van der Waals surface area contributed by atoms with Gasteiger partial charge in [-0.25, -0.2) is 0 Å². The molecule has 0 bridgehead atoms. The second kappa shape index (κ2) is 18.2. The van der Waals surface area contributed by atoms with Crippen molar-refractivity contribution in [3.8, 4) is 44.5 Å². The highest BCUT2D eigenvalue weighted by atomic mass is 32.2. The molecule has 0 amide bonds. The van der Waals surface area contributed by atoms with Gasteiger partial charge in [-0.3, -0.25) is 0 Å². The maximum Gasteiger partial charge on any atom is 0.0736 e. The van der Waals surface area contributed by atoms with E-state index in [1.165, 1.54) is 131 Å². The second-order valence-electron chi connectivity index (χ2n) is 22.9. The molecule has 0 saturated carbocycles. The van der Waals surface area contributed by atoms with Gasteiger partial charge in [-0.05, 0) is 166 Å². The average molecular weight is 1100 g/mol. The Kier molecular flexibility index (Phi) is 10.4. The molecule has 2 heterocycles. The van der Waals surface area contributed by atoms with E-state index in [1.807, 2.05) is 23.5 Å². The lowest BCUT2D eigenvalue weighted by Crippen LogP contribution is -2.32. The summed E-state index contributed by atoms with van der Waals surface area (Å²) in [5, 5.41) is 0. The Morgan fingerprint density at radius 2 is 0.619 bits per heavy atom. The molecule has 1 nitrogen and oxygen atoms in total. The van der Waals surface area contributed by atoms with Crippen LogP contribution in [-0.2, 0) is 16.2 Å². The summed E-state index contributed by atoms with van der Waals surface area (Å²) >= 11 is 3.78. The van der Waals surface area contributed by atoms with E-state index < -0.39 is 16.2 Å². The molecule has 18 rings (SSSR count). The van der Waals surface area contributed by atoms with Crippen LogP contribution < -0.4 is 4.90 Å². The zero-order chi connectivity index (χ0) is 55.1. The van der Waals surface area contributed by atoms with Gasteiger partial charge in [-0.2, -0.15) is 0 Å². The molecule has 3 aliphatic carbocycles. The topological polar surface area (TPSA) is 3.24 Å². The highest BCUT2D eigenvalue weighted by molar-refractivity contribution is 7.99. The Hall–Kier alpha value is -9.64. The Morgan fingerprint density at radius 3 is 1.18 bits per heavy atom. The van der Waals surface area contributed by atoms with E-state index in [2.05, 4.69) is 314 Å². The minimum absolute atomic E-state index is 0.482. The Balaban J connectivity index is 0.865. The number of fused-ring (bicyclic) bond motifs is 21. The molecule has 5 aliphatic rings. The van der Waals surface area contributed by atoms with Crippen molar-refractivity contribution in [1.82, 2.24) is 0 Å². The number of nitrogens with zero attached hydrogens (tertiary/aromatic N) is 1. The van der Waals surface area contributed by atoms with Crippen LogP contribution in [0.4, 0.5) is 17.1 Å². The van der Waals surface area contributed by atoms with Gasteiger partial charge in [-0.15, -0.1) is 0 Å². The number of anilines is 3. The van der Waals surface area contributed by atoms with Crippen LogP contribution in [-0.4, -0.2) is 0 Å². The van der Waals surface area contributed by atoms with Crippen molar-refractivity contribution in [3.63, 3.8) is 0 Å². The fourth-order valence-electron chi connectivity index (χ4n) is 15.9. The zero-order valence-electron chi connectivity index (χ0n) is 45.7. The van der Waals surface area contributed by atoms with Crippen LogP contribution in [0.15, 0.2) is 329 Å². The summed E-state index contributed by atoms with van der Waals surface area (Å²) in [7, 11) is 0. The van der Waals surface area contributed by atoms with Crippen molar-refractivity contribution in [3.05, 3.63) is 376 Å². The van der Waals surface area contributed by atoms with Crippen molar-refractivity contribution < 1.29 is 0 Å². The summed E-state index contributed by atoms with van der Waals surface area (Å²) in [6.07, 6.45) is 0. The predicted molar refractivity (Wildman–Crippen MR) is 347 cm³/mol. The molecule has 13 aromatic carbocycles. The molecule has 0 N–H and O–H groups in total. The number of hydrogen-bond acceptors (Lipinski definition) is 3. The van der Waals surface area contributed by atoms with Gasteiger partial charge in [0.1, 0.15) is 0 Å². The fourth-order valence-corrected chi connectivity index (χ4v) is 18.3. The third-order valence-corrected chi connectivity index (χ3v) is 21.4. The third-order valence-electron chi connectivity index (χ3n) is 19.1. The highest BCUT2D eigenvalue weighted by Crippen LogP contribution is 2.66. The monoisotopic (exact) mass is 1100 g/mol. The summed E-state index contributed by atoms with van der Waals surface area (Å²) in [6, 6.07) is 117. The molecular weight excluding hydrogens is 1050 g/mol. The first kappa shape index (κ1) is 47.9. The predicted octanol–water partition coefficient (Wildman–Crippen LogP) is 20.8. The number of rotatable bonds is 6. The molecular formula is C81H51NS2. The summed E-state index contributed by atoms with van der Waals surface area (Å²) in [4.78, 5) is 7.77. The standard InChI is InChI=1S/C81H51NS2/c1-3-22-54(23-4-1)79(55-24-5-2-6-25-55)63-29-10-7-26-58(63)60-48-44-53(50-72(60)79)52-42-45-56(46-43-52)82(57-47-49-66-62(51-57)59-27-8-11-30-64(59)80(66)67-32-13-17-38-74(67)83-75-39-18-14-33-68(75)80)73-37-21-36-71-78(73)61-28-9-12-31-65(61)81(71)69-34-15-19-40-76(69)84-77-41-20-16-35-70(77)81/h1-51H. The second-order valence-corrected chi connectivity index (χ2v) is 25.0. The molecule has 3 heteroatoms. The zero-order valence-corrected chi connectivity index (χ0v) is 47.3. The van der Waals surface area contributed by atoms with Gasteiger partial charge in [-0.1, -0.05) is 272 Å². The fraction of sp³-hybridized carbons (Fsp3) is 0.0370. The minimum Gasteiger partial charge on any atom is -0.310 e. The summed E-state index contributed by atoms with van der Waals surface area (Å²) in [6.45, 7) is 0. The van der Waals surface area contributed by atoms with E-state index >= 15 is 0 Å². The van der Waals surface area contributed by atoms with Crippen molar-refractivity contribution in [2.24, 2.45) is 0 Å². The third kappa shape index (κ3) is 6.33. The molecule has 392 valence electrons. The first-order valence-electron chi connectivity index (χ1n) is 29.1. The van der Waals surface area contributed by atoms with Gasteiger partial charge in [0.05, 0.1) is 21.9 Å². The molecule has 0 unspecified atom stereocenters. The quantitative estimate of drug-likeness (QED) is 0.163. The van der Waals surface area contributed by atoms with Gasteiger partial charge in [0.2, 0.25) is 0 Å². The summed E-state index contributed by atoms with van der Waals surface area (Å²) in [5.74, 6) is 0. The number of hydrogen-bond donors (Lipinski definition) is 0. The van der Waals surface area contributed by atoms with Gasteiger partial charge >= 0.3 is 0 Å². The van der Waals surface area contributed by atoms with Crippen LogP contribution in [0.1, 0.15) is 66.8 Å². The van der Waals surface area contributed by atoms with Crippen LogP contribution in [0.5, 0.6) is 0 Å². The SMILES string of the molecule is c1ccc(C2(c3ccccc3)c3ccccc3-c3ccc(-c4ccc(N(c5ccc6c(c5)-c5ccccc5C65c6ccccc6Sc6ccccc65)c5cccc6c5-c5ccccc5C65c6ccccc6Sc6ccccc65)cc4)cc32)cc1. The lowest BCUT2D eigenvalue weighted by atomic mass is 9.67. The molecule has 0 aromatic heterocycles. The van der Waals surface area contributed by atoms with Crippen molar-refractivity contribution in [1.29, 1.82) is 0 Å². The normalized spacial score (nSPS) is 14.9. The first-order valence-corrected chi connectivity index (χ1v) is 30.8. The minimum atomic E-state index is -0.527. The molecule has 0 atom stereocenters.